The molecule has 1 aliphatic carbocycles. The van der Waals surface area contributed by atoms with E-state index in [1.54, 1.807) is 18.4 Å². The highest BCUT2D eigenvalue weighted by Crippen LogP contribution is 2.27. The summed E-state index contributed by atoms with van der Waals surface area (Å²) >= 11 is 1.74. The number of aryl methyl sites for hydroxylation is 1. The van der Waals surface area contributed by atoms with Gasteiger partial charge in [-0.2, -0.15) is 0 Å². The Balaban J connectivity index is 0.00000243. The Morgan fingerprint density at radius 3 is 2.77 bits per heavy atom. The van der Waals surface area contributed by atoms with Crippen LogP contribution in [0.4, 0.5) is 0 Å². The first-order valence-corrected chi connectivity index (χ1v) is 9.66. The molecule has 0 radical (unpaired) electrons. The maximum Gasteiger partial charge on any atom is 0.191 e. The minimum atomic E-state index is 0. The summed E-state index contributed by atoms with van der Waals surface area (Å²) in [7, 11) is 1.79. The minimum Gasteiger partial charge on any atom is -0.490 e. The molecule has 1 heterocycles. The summed E-state index contributed by atoms with van der Waals surface area (Å²) in [4.78, 5) is 9.93. The molecule has 0 atom stereocenters. The van der Waals surface area contributed by atoms with E-state index in [-0.39, 0.29) is 24.0 Å². The number of nitrogens with one attached hydrogen (secondary N) is 2. The summed E-state index contributed by atoms with van der Waals surface area (Å²) in [6, 6.07) is 8.23. The van der Waals surface area contributed by atoms with Crippen LogP contribution >= 0.6 is 35.3 Å². The summed E-state index contributed by atoms with van der Waals surface area (Å²) in [5.74, 6) is 1.78. The van der Waals surface area contributed by atoms with Gasteiger partial charge in [-0.1, -0.05) is 18.2 Å². The number of guanidine groups is 1. The number of para-hydroxylation sites is 1. The molecule has 0 unspecified atom stereocenters. The molecule has 0 bridgehead atoms. The third kappa shape index (κ3) is 6.12. The van der Waals surface area contributed by atoms with Crippen LogP contribution in [0.15, 0.2) is 35.5 Å². The highest BCUT2D eigenvalue weighted by Gasteiger charge is 2.20. The van der Waals surface area contributed by atoms with Crippen molar-refractivity contribution in [1.29, 1.82) is 0 Å². The van der Waals surface area contributed by atoms with Gasteiger partial charge in [0.2, 0.25) is 0 Å². The molecule has 0 aliphatic heterocycles. The SMILES string of the molecule is CN=C(NCCc1ncc(C)s1)NCc1ccccc1OC1CCC1.I. The van der Waals surface area contributed by atoms with E-state index in [2.05, 4.69) is 39.7 Å². The van der Waals surface area contributed by atoms with Gasteiger partial charge in [-0.25, -0.2) is 4.98 Å². The highest BCUT2D eigenvalue weighted by atomic mass is 127. The fraction of sp³-hybridized carbons (Fsp3) is 0.474. The number of hydrogen-bond donors (Lipinski definition) is 2. The van der Waals surface area contributed by atoms with Gasteiger partial charge >= 0.3 is 0 Å². The van der Waals surface area contributed by atoms with E-state index in [0.29, 0.717) is 12.6 Å². The topological polar surface area (TPSA) is 58.5 Å². The maximum absolute atomic E-state index is 6.08. The van der Waals surface area contributed by atoms with E-state index in [9.17, 15) is 0 Å². The van der Waals surface area contributed by atoms with Gasteiger partial charge in [0.1, 0.15) is 5.75 Å². The van der Waals surface area contributed by atoms with Crippen LogP contribution in [-0.4, -0.2) is 30.6 Å². The van der Waals surface area contributed by atoms with Crippen LogP contribution in [0.5, 0.6) is 5.75 Å². The van der Waals surface area contributed by atoms with E-state index in [4.69, 9.17) is 4.74 Å². The van der Waals surface area contributed by atoms with Gasteiger partial charge in [0.15, 0.2) is 5.96 Å². The lowest BCUT2D eigenvalue weighted by atomic mass is 9.96. The molecule has 0 saturated heterocycles. The Morgan fingerprint density at radius 1 is 1.31 bits per heavy atom. The quantitative estimate of drug-likeness (QED) is 0.354. The zero-order valence-electron chi connectivity index (χ0n) is 15.3. The van der Waals surface area contributed by atoms with E-state index in [1.807, 2.05) is 18.3 Å². The fourth-order valence-corrected chi connectivity index (χ4v) is 3.42. The number of halogens is 1. The van der Waals surface area contributed by atoms with Crippen molar-refractivity contribution in [2.45, 2.75) is 45.3 Å². The molecule has 0 spiro atoms. The van der Waals surface area contributed by atoms with E-state index in [1.165, 1.54) is 24.1 Å². The molecular weight excluding hydrogens is 459 g/mol. The zero-order valence-corrected chi connectivity index (χ0v) is 18.5. The molecule has 2 aromatic rings. The second-order valence-corrected chi connectivity index (χ2v) is 7.57. The van der Waals surface area contributed by atoms with Gasteiger partial charge in [-0.05, 0) is 32.3 Å². The predicted molar refractivity (Wildman–Crippen MR) is 119 cm³/mol. The number of thiazole rings is 1. The van der Waals surface area contributed by atoms with Crippen molar-refractivity contribution in [2.24, 2.45) is 4.99 Å². The average Bonchev–Trinajstić information content (AvgIpc) is 3.00. The molecule has 0 amide bonds. The second kappa shape index (κ2) is 10.7. The molecule has 142 valence electrons. The van der Waals surface area contributed by atoms with E-state index in [0.717, 1.165) is 35.2 Å². The van der Waals surface area contributed by atoms with E-state index >= 15 is 0 Å². The number of ether oxygens (including phenoxy) is 1. The maximum atomic E-state index is 6.08. The molecule has 1 saturated carbocycles. The lowest BCUT2D eigenvalue weighted by Gasteiger charge is -2.27. The Labute approximate surface area is 176 Å². The second-order valence-electron chi connectivity index (χ2n) is 6.25. The first kappa shape index (κ1) is 21.0. The Morgan fingerprint density at radius 2 is 2.12 bits per heavy atom. The summed E-state index contributed by atoms with van der Waals surface area (Å²) in [5.41, 5.74) is 1.16. The summed E-state index contributed by atoms with van der Waals surface area (Å²) < 4.78 is 6.08. The van der Waals surface area contributed by atoms with Crippen molar-refractivity contribution in [3.8, 4) is 5.75 Å². The predicted octanol–water partition coefficient (Wildman–Crippen LogP) is 3.91. The van der Waals surface area contributed by atoms with Crippen molar-refractivity contribution in [2.75, 3.05) is 13.6 Å². The normalized spacial score (nSPS) is 14.3. The Hall–Kier alpha value is -1.35. The Kier molecular flexibility index (Phi) is 8.64. The molecule has 3 rings (SSSR count). The number of aliphatic imine (C=N–C) groups is 1. The molecule has 2 N–H and O–H groups in total. The summed E-state index contributed by atoms with van der Waals surface area (Å²) in [6.07, 6.45) is 6.83. The summed E-state index contributed by atoms with van der Waals surface area (Å²) in [6.45, 7) is 3.59. The van der Waals surface area contributed by atoms with Crippen molar-refractivity contribution in [3.05, 3.63) is 45.9 Å². The highest BCUT2D eigenvalue weighted by molar-refractivity contribution is 14.0. The van der Waals surface area contributed by atoms with Crippen LogP contribution in [-0.2, 0) is 13.0 Å². The molecular formula is C19H27IN4OS. The van der Waals surface area contributed by atoms with Gasteiger partial charge in [0.05, 0.1) is 11.1 Å². The van der Waals surface area contributed by atoms with Crippen molar-refractivity contribution in [1.82, 2.24) is 15.6 Å². The van der Waals surface area contributed by atoms with Gasteiger partial charge < -0.3 is 15.4 Å². The number of benzene rings is 1. The van der Waals surface area contributed by atoms with Gasteiger partial charge in [-0.15, -0.1) is 35.3 Å². The molecule has 7 heteroatoms. The van der Waals surface area contributed by atoms with Crippen LogP contribution in [0.1, 0.15) is 34.7 Å². The van der Waals surface area contributed by atoms with Gasteiger partial charge in [-0.3, -0.25) is 4.99 Å². The molecule has 26 heavy (non-hydrogen) atoms. The lowest BCUT2D eigenvalue weighted by molar-refractivity contribution is 0.119. The minimum absolute atomic E-state index is 0. The molecule has 1 aromatic carbocycles. The van der Waals surface area contributed by atoms with Crippen LogP contribution in [0.2, 0.25) is 0 Å². The van der Waals surface area contributed by atoms with Crippen LogP contribution in [0, 0.1) is 6.92 Å². The van der Waals surface area contributed by atoms with Crippen LogP contribution in [0.3, 0.4) is 0 Å². The van der Waals surface area contributed by atoms with Crippen LogP contribution < -0.4 is 15.4 Å². The molecule has 5 nitrogen and oxygen atoms in total. The van der Waals surface area contributed by atoms with E-state index < -0.39 is 0 Å². The average molecular weight is 486 g/mol. The number of nitrogens with zero attached hydrogens (tertiary/aromatic N) is 2. The van der Waals surface area contributed by atoms with Crippen molar-refractivity contribution >= 4 is 41.3 Å². The first-order chi connectivity index (χ1) is 12.2. The lowest BCUT2D eigenvalue weighted by Crippen LogP contribution is -2.38. The van der Waals surface area contributed by atoms with Crippen LogP contribution in [0.25, 0.3) is 0 Å². The van der Waals surface area contributed by atoms with Gasteiger partial charge in [0.25, 0.3) is 0 Å². The number of aromatic nitrogens is 1. The van der Waals surface area contributed by atoms with Crippen molar-refractivity contribution < 1.29 is 4.74 Å². The monoisotopic (exact) mass is 486 g/mol. The zero-order chi connectivity index (χ0) is 17.5. The molecule has 1 aliphatic rings. The van der Waals surface area contributed by atoms with Gasteiger partial charge in [0, 0.05) is 43.2 Å². The number of hydrogen-bond acceptors (Lipinski definition) is 4. The largest absolute Gasteiger partial charge is 0.490 e. The fourth-order valence-electron chi connectivity index (χ4n) is 2.64. The third-order valence-electron chi connectivity index (χ3n) is 4.29. The first-order valence-electron chi connectivity index (χ1n) is 8.85. The molecule has 1 aromatic heterocycles. The third-order valence-corrected chi connectivity index (χ3v) is 5.26. The number of rotatable bonds is 7. The standard InChI is InChI=1S/C19H26N4OS.HI/c1-14-12-22-18(25-14)10-11-21-19(20-2)23-13-15-6-3-4-9-17(15)24-16-7-5-8-16;/h3-4,6,9,12,16H,5,7-8,10-11,13H2,1-2H3,(H2,20,21,23);1H. The smallest absolute Gasteiger partial charge is 0.191 e. The molecule has 1 fully saturated rings. The summed E-state index contributed by atoms with van der Waals surface area (Å²) in [5, 5.41) is 7.87. The van der Waals surface area contributed by atoms with Crippen molar-refractivity contribution in [3.63, 3.8) is 0 Å². The Bertz CT molecular complexity index is 715.